The van der Waals surface area contributed by atoms with Gasteiger partial charge in [-0.2, -0.15) is 0 Å². The lowest BCUT2D eigenvalue weighted by Crippen LogP contribution is -2.07. The summed E-state index contributed by atoms with van der Waals surface area (Å²) < 4.78 is 52.0. The number of hydrogen-bond acceptors (Lipinski definition) is 1. The Kier molecular flexibility index (Phi) is 3.14. The summed E-state index contributed by atoms with van der Waals surface area (Å²) in [6.45, 7) is 0. The van der Waals surface area contributed by atoms with Crippen molar-refractivity contribution in [1.29, 1.82) is 0 Å². The van der Waals surface area contributed by atoms with Gasteiger partial charge in [-0.25, -0.2) is 17.6 Å². The molecule has 0 spiro atoms. The first-order chi connectivity index (χ1) is 8.49. The van der Waals surface area contributed by atoms with E-state index in [2.05, 4.69) is 0 Å². The fraction of sp³-hybridized carbons (Fsp3) is 0. The van der Waals surface area contributed by atoms with Gasteiger partial charge in [-0.3, -0.25) is 4.79 Å². The number of hydrogen-bond donors (Lipinski definition) is 0. The third-order valence-electron chi connectivity index (χ3n) is 2.35. The summed E-state index contributed by atoms with van der Waals surface area (Å²) >= 11 is 0. The highest BCUT2D eigenvalue weighted by Gasteiger charge is 2.18. The van der Waals surface area contributed by atoms with Crippen LogP contribution in [0.2, 0.25) is 0 Å². The minimum atomic E-state index is -1.09. The van der Waals surface area contributed by atoms with Crippen molar-refractivity contribution in [3.8, 4) is 0 Å². The van der Waals surface area contributed by atoms with E-state index < -0.39 is 40.2 Å². The predicted octanol–water partition coefficient (Wildman–Crippen LogP) is 3.47. The first kappa shape index (κ1) is 12.3. The maximum Gasteiger partial charge on any atom is 0.198 e. The number of carbonyl (C=O) groups is 1. The fourth-order valence-electron chi connectivity index (χ4n) is 1.49. The molecule has 0 saturated heterocycles. The molecule has 0 heterocycles. The van der Waals surface area contributed by atoms with Gasteiger partial charge in [-0.05, 0) is 24.3 Å². The monoisotopic (exact) mass is 254 g/mol. The fourth-order valence-corrected chi connectivity index (χ4v) is 1.49. The van der Waals surface area contributed by atoms with Crippen LogP contribution >= 0.6 is 0 Å². The second-order valence-electron chi connectivity index (χ2n) is 3.58. The van der Waals surface area contributed by atoms with E-state index in [1.54, 1.807) is 0 Å². The van der Waals surface area contributed by atoms with Crippen molar-refractivity contribution in [1.82, 2.24) is 0 Å². The summed E-state index contributed by atoms with van der Waals surface area (Å²) in [6.07, 6.45) is 0. The zero-order valence-corrected chi connectivity index (χ0v) is 8.88. The van der Waals surface area contributed by atoms with Gasteiger partial charge in [0.15, 0.2) is 5.78 Å². The summed E-state index contributed by atoms with van der Waals surface area (Å²) in [4.78, 5) is 11.8. The Hall–Kier alpha value is -2.17. The van der Waals surface area contributed by atoms with Gasteiger partial charge < -0.3 is 0 Å². The van der Waals surface area contributed by atoms with E-state index in [1.807, 2.05) is 0 Å². The van der Waals surface area contributed by atoms with Crippen LogP contribution in [-0.4, -0.2) is 5.78 Å². The molecule has 0 radical (unpaired) electrons. The molecule has 0 atom stereocenters. The molecule has 92 valence electrons. The summed E-state index contributed by atoms with van der Waals surface area (Å²) in [5.74, 6) is -4.84. The predicted molar refractivity (Wildman–Crippen MR) is 56.1 cm³/mol. The Bertz CT molecular complexity index is 569. The second kappa shape index (κ2) is 4.60. The quantitative estimate of drug-likeness (QED) is 0.592. The van der Waals surface area contributed by atoms with Gasteiger partial charge in [0.2, 0.25) is 0 Å². The van der Waals surface area contributed by atoms with Crippen LogP contribution in [0.4, 0.5) is 17.6 Å². The van der Waals surface area contributed by atoms with Crippen LogP contribution in [-0.2, 0) is 0 Å². The Morgan fingerprint density at radius 3 is 1.44 bits per heavy atom. The van der Waals surface area contributed by atoms with Gasteiger partial charge in [0.25, 0.3) is 0 Å². The molecule has 0 aliphatic rings. The van der Waals surface area contributed by atoms with E-state index in [1.165, 1.54) is 0 Å². The summed E-state index contributed by atoms with van der Waals surface area (Å²) in [6, 6.07) is 4.64. The molecule has 2 aromatic carbocycles. The van der Waals surface area contributed by atoms with Crippen molar-refractivity contribution in [2.45, 2.75) is 0 Å². The number of benzene rings is 2. The van der Waals surface area contributed by atoms with Gasteiger partial charge >= 0.3 is 0 Å². The van der Waals surface area contributed by atoms with E-state index in [-0.39, 0.29) is 0 Å². The number of halogens is 4. The van der Waals surface area contributed by atoms with Crippen LogP contribution < -0.4 is 0 Å². The lowest BCUT2D eigenvalue weighted by molar-refractivity contribution is 0.103. The Morgan fingerprint density at radius 1 is 0.722 bits per heavy atom. The van der Waals surface area contributed by atoms with Gasteiger partial charge in [-0.1, -0.05) is 0 Å². The maximum atomic E-state index is 13.3. The molecular formula is C13H6F4O. The molecule has 0 saturated carbocycles. The first-order valence-electron chi connectivity index (χ1n) is 4.94. The normalized spacial score (nSPS) is 10.4. The third kappa shape index (κ3) is 2.25. The van der Waals surface area contributed by atoms with Gasteiger partial charge in [0, 0.05) is 12.1 Å². The van der Waals surface area contributed by atoms with Crippen LogP contribution in [0, 0.1) is 23.3 Å². The molecular weight excluding hydrogens is 248 g/mol. The molecule has 0 aliphatic carbocycles. The zero-order chi connectivity index (χ0) is 13.3. The van der Waals surface area contributed by atoms with E-state index >= 15 is 0 Å². The highest BCUT2D eigenvalue weighted by molar-refractivity contribution is 6.09. The number of carbonyl (C=O) groups excluding carboxylic acids is 1. The lowest BCUT2D eigenvalue weighted by atomic mass is 10.0. The zero-order valence-electron chi connectivity index (χ0n) is 8.88. The highest BCUT2D eigenvalue weighted by atomic mass is 19.1. The molecule has 5 heteroatoms. The highest BCUT2D eigenvalue weighted by Crippen LogP contribution is 2.17. The average Bonchev–Trinajstić information content (AvgIpc) is 2.28. The molecule has 0 fully saturated rings. The maximum absolute atomic E-state index is 13.3. The Balaban J connectivity index is 2.48. The van der Waals surface area contributed by atoms with Crippen LogP contribution in [0.25, 0.3) is 0 Å². The molecule has 0 aromatic heterocycles. The molecule has 0 bridgehead atoms. The standard InChI is InChI=1S/C13H6F4O/c14-7-1-3-9(11(16)5-7)13(18)10-4-2-8(15)6-12(10)17/h1-6H. The van der Waals surface area contributed by atoms with Gasteiger partial charge in [0.05, 0.1) is 11.1 Å². The second-order valence-corrected chi connectivity index (χ2v) is 3.58. The summed E-state index contributed by atoms with van der Waals surface area (Å²) in [5, 5.41) is 0. The van der Waals surface area contributed by atoms with Crippen molar-refractivity contribution in [3.63, 3.8) is 0 Å². The summed E-state index contributed by atoms with van der Waals surface area (Å²) in [5.41, 5.74) is -0.941. The van der Waals surface area contributed by atoms with Gasteiger partial charge in [0.1, 0.15) is 23.3 Å². The number of ketones is 1. The Morgan fingerprint density at radius 2 is 1.11 bits per heavy atom. The van der Waals surface area contributed by atoms with E-state index in [4.69, 9.17) is 0 Å². The van der Waals surface area contributed by atoms with E-state index in [0.717, 1.165) is 24.3 Å². The molecule has 2 rings (SSSR count). The van der Waals surface area contributed by atoms with Crippen molar-refractivity contribution < 1.29 is 22.4 Å². The summed E-state index contributed by atoms with van der Waals surface area (Å²) in [7, 11) is 0. The first-order valence-corrected chi connectivity index (χ1v) is 4.94. The lowest BCUT2D eigenvalue weighted by Gasteiger charge is -2.04. The van der Waals surface area contributed by atoms with E-state index in [0.29, 0.717) is 12.1 Å². The van der Waals surface area contributed by atoms with Crippen molar-refractivity contribution in [2.75, 3.05) is 0 Å². The largest absolute Gasteiger partial charge is 0.288 e. The minimum absolute atomic E-state index is 0.470. The van der Waals surface area contributed by atoms with Crippen LogP contribution in [0.3, 0.4) is 0 Å². The molecule has 1 nitrogen and oxygen atoms in total. The van der Waals surface area contributed by atoms with Crippen LogP contribution in [0.5, 0.6) is 0 Å². The van der Waals surface area contributed by atoms with Crippen LogP contribution in [0.15, 0.2) is 36.4 Å². The molecule has 2 aromatic rings. The molecule has 0 unspecified atom stereocenters. The third-order valence-corrected chi connectivity index (χ3v) is 2.35. The van der Waals surface area contributed by atoms with Crippen molar-refractivity contribution >= 4 is 5.78 Å². The van der Waals surface area contributed by atoms with Gasteiger partial charge in [-0.15, -0.1) is 0 Å². The molecule has 0 N–H and O–H groups in total. The van der Waals surface area contributed by atoms with E-state index in [9.17, 15) is 22.4 Å². The topological polar surface area (TPSA) is 17.1 Å². The Labute approximate surface area is 99.7 Å². The molecule has 18 heavy (non-hydrogen) atoms. The van der Waals surface area contributed by atoms with Crippen molar-refractivity contribution in [3.05, 3.63) is 70.8 Å². The minimum Gasteiger partial charge on any atom is -0.288 e. The SMILES string of the molecule is O=C(c1ccc(F)cc1F)c1ccc(F)cc1F. The van der Waals surface area contributed by atoms with Crippen molar-refractivity contribution in [2.24, 2.45) is 0 Å². The average molecular weight is 254 g/mol. The van der Waals surface area contributed by atoms with Crippen LogP contribution in [0.1, 0.15) is 15.9 Å². The molecule has 0 aliphatic heterocycles. The molecule has 0 amide bonds. The smallest absolute Gasteiger partial charge is 0.198 e. The number of rotatable bonds is 2.